The second-order valence-electron chi connectivity index (χ2n) is 6.50. The molecule has 2 aromatic rings. The maximum absolute atomic E-state index is 12.7. The summed E-state index contributed by atoms with van der Waals surface area (Å²) in [6, 6.07) is 13.6. The molecule has 0 atom stereocenters. The van der Waals surface area contributed by atoms with Crippen LogP contribution in [-0.2, 0) is 6.54 Å². The van der Waals surface area contributed by atoms with Gasteiger partial charge in [-0.1, -0.05) is 18.2 Å². The molecule has 6 heteroatoms. The van der Waals surface area contributed by atoms with E-state index in [1.54, 1.807) is 7.11 Å². The van der Waals surface area contributed by atoms with E-state index < -0.39 is 0 Å². The van der Waals surface area contributed by atoms with Crippen molar-refractivity contribution in [1.82, 2.24) is 9.80 Å². The number of carbonyl (C=O) groups excluding carboxylic acids is 1. The van der Waals surface area contributed by atoms with Gasteiger partial charge in [0.2, 0.25) is 0 Å². The standard InChI is InChI=1S/C20H25N3O2.ClH/c1-15-6-7-17(13-19(15)25-2)20(24)23-10-8-22(9-11-23)14-16-4-3-5-18(21)12-16;/h3-7,12-13H,8-11,14,21H2,1-2H3;1H. The summed E-state index contributed by atoms with van der Waals surface area (Å²) in [5.74, 6) is 0.827. The van der Waals surface area contributed by atoms with Gasteiger partial charge in [-0.3, -0.25) is 9.69 Å². The van der Waals surface area contributed by atoms with Gasteiger partial charge in [-0.15, -0.1) is 12.4 Å². The van der Waals surface area contributed by atoms with Crippen molar-refractivity contribution in [3.05, 3.63) is 59.2 Å². The smallest absolute Gasteiger partial charge is 0.254 e. The Bertz CT molecular complexity index is 758. The molecule has 26 heavy (non-hydrogen) atoms. The van der Waals surface area contributed by atoms with E-state index in [-0.39, 0.29) is 18.3 Å². The van der Waals surface area contributed by atoms with Crippen molar-refractivity contribution in [3.8, 4) is 5.75 Å². The maximum Gasteiger partial charge on any atom is 0.254 e. The molecule has 1 heterocycles. The van der Waals surface area contributed by atoms with Crippen LogP contribution in [0.3, 0.4) is 0 Å². The second-order valence-corrected chi connectivity index (χ2v) is 6.50. The Labute approximate surface area is 161 Å². The quantitative estimate of drug-likeness (QED) is 0.834. The topological polar surface area (TPSA) is 58.8 Å². The first-order valence-electron chi connectivity index (χ1n) is 8.57. The van der Waals surface area contributed by atoms with Gasteiger partial charge in [-0.05, 0) is 42.3 Å². The average Bonchev–Trinajstić information content (AvgIpc) is 2.62. The van der Waals surface area contributed by atoms with Crippen molar-refractivity contribution < 1.29 is 9.53 Å². The number of halogens is 1. The van der Waals surface area contributed by atoms with Crippen LogP contribution in [0.5, 0.6) is 5.75 Å². The highest BCUT2D eigenvalue weighted by atomic mass is 35.5. The lowest BCUT2D eigenvalue weighted by Gasteiger charge is -2.35. The number of hydrogen-bond donors (Lipinski definition) is 1. The molecular weight excluding hydrogens is 350 g/mol. The van der Waals surface area contributed by atoms with Crippen LogP contribution in [0, 0.1) is 6.92 Å². The third-order valence-corrected chi connectivity index (χ3v) is 4.67. The Hall–Kier alpha value is -2.24. The monoisotopic (exact) mass is 375 g/mol. The van der Waals surface area contributed by atoms with Gasteiger partial charge in [-0.25, -0.2) is 0 Å². The number of ether oxygens (including phenoxy) is 1. The number of nitrogens with two attached hydrogens (primary N) is 1. The van der Waals surface area contributed by atoms with Crippen molar-refractivity contribution >= 4 is 24.0 Å². The van der Waals surface area contributed by atoms with Crippen molar-refractivity contribution in [2.45, 2.75) is 13.5 Å². The molecular formula is C20H26ClN3O2. The largest absolute Gasteiger partial charge is 0.496 e. The first-order chi connectivity index (χ1) is 12.1. The predicted molar refractivity (Wildman–Crippen MR) is 107 cm³/mol. The van der Waals surface area contributed by atoms with Crippen LogP contribution in [0.2, 0.25) is 0 Å². The highest BCUT2D eigenvalue weighted by Crippen LogP contribution is 2.21. The van der Waals surface area contributed by atoms with E-state index in [1.807, 2.05) is 48.2 Å². The Morgan fingerprint density at radius 1 is 1.12 bits per heavy atom. The van der Waals surface area contributed by atoms with Gasteiger partial charge in [0.1, 0.15) is 5.75 Å². The molecule has 0 radical (unpaired) electrons. The third-order valence-electron chi connectivity index (χ3n) is 4.67. The fourth-order valence-electron chi connectivity index (χ4n) is 3.19. The molecule has 1 amide bonds. The van der Waals surface area contributed by atoms with Crippen molar-refractivity contribution in [2.24, 2.45) is 0 Å². The number of methoxy groups -OCH3 is 1. The zero-order chi connectivity index (χ0) is 17.8. The highest BCUT2D eigenvalue weighted by Gasteiger charge is 2.22. The lowest BCUT2D eigenvalue weighted by molar-refractivity contribution is 0.0628. The Balaban J connectivity index is 0.00000243. The average molecular weight is 376 g/mol. The summed E-state index contributed by atoms with van der Waals surface area (Å²) in [4.78, 5) is 17.0. The summed E-state index contributed by atoms with van der Waals surface area (Å²) >= 11 is 0. The van der Waals surface area contributed by atoms with Crippen molar-refractivity contribution in [1.29, 1.82) is 0 Å². The Morgan fingerprint density at radius 3 is 2.50 bits per heavy atom. The van der Waals surface area contributed by atoms with Crippen LogP contribution in [-0.4, -0.2) is 49.0 Å². The SMILES string of the molecule is COc1cc(C(=O)N2CCN(Cc3cccc(N)c3)CC2)ccc1C.Cl. The maximum atomic E-state index is 12.7. The summed E-state index contributed by atoms with van der Waals surface area (Å²) in [6.07, 6.45) is 0. The van der Waals surface area contributed by atoms with Crippen LogP contribution >= 0.6 is 12.4 Å². The Kier molecular flexibility index (Phi) is 6.89. The number of carbonyl (C=O) groups is 1. The minimum absolute atomic E-state index is 0. The molecule has 0 spiro atoms. The summed E-state index contributed by atoms with van der Waals surface area (Å²) in [5.41, 5.74) is 9.57. The summed E-state index contributed by atoms with van der Waals surface area (Å²) in [5, 5.41) is 0. The van der Waals surface area contributed by atoms with Gasteiger partial charge in [-0.2, -0.15) is 0 Å². The fourth-order valence-corrected chi connectivity index (χ4v) is 3.19. The Morgan fingerprint density at radius 2 is 1.85 bits per heavy atom. The van der Waals surface area contributed by atoms with Gasteiger partial charge >= 0.3 is 0 Å². The van der Waals surface area contributed by atoms with Gasteiger partial charge < -0.3 is 15.4 Å². The van der Waals surface area contributed by atoms with Crippen molar-refractivity contribution in [3.63, 3.8) is 0 Å². The fraction of sp³-hybridized carbons (Fsp3) is 0.350. The van der Waals surface area contributed by atoms with E-state index in [1.165, 1.54) is 5.56 Å². The number of nitrogen functional groups attached to an aromatic ring is 1. The number of aryl methyl sites for hydroxylation is 1. The van der Waals surface area contributed by atoms with E-state index in [9.17, 15) is 4.79 Å². The molecule has 0 aliphatic carbocycles. The number of piperazine rings is 1. The van der Waals surface area contributed by atoms with Crippen LogP contribution in [0.15, 0.2) is 42.5 Å². The van der Waals surface area contributed by atoms with E-state index in [0.717, 1.165) is 49.7 Å². The lowest BCUT2D eigenvalue weighted by Crippen LogP contribution is -2.48. The van der Waals surface area contributed by atoms with Gasteiger partial charge in [0.25, 0.3) is 5.91 Å². The summed E-state index contributed by atoms with van der Waals surface area (Å²) < 4.78 is 5.33. The van der Waals surface area contributed by atoms with Crippen LogP contribution in [0.4, 0.5) is 5.69 Å². The van der Waals surface area contributed by atoms with E-state index in [2.05, 4.69) is 11.0 Å². The minimum Gasteiger partial charge on any atom is -0.496 e. The third kappa shape index (κ3) is 4.68. The molecule has 3 rings (SSSR count). The zero-order valence-electron chi connectivity index (χ0n) is 15.3. The lowest BCUT2D eigenvalue weighted by atomic mass is 10.1. The van der Waals surface area contributed by atoms with E-state index in [4.69, 9.17) is 10.5 Å². The zero-order valence-corrected chi connectivity index (χ0v) is 16.1. The molecule has 1 saturated heterocycles. The molecule has 0 saturated carbocycles. The molecule has 0 unspecified atom stereocenters. The molecule has 1 fully saturated rings. The molecule has 0 bridgehead atoms. The minimum atomic E-state index is 0. The molecule has 1 aliphatic heterocycles. The van der Waals surface area contributed by atoms with Gasteiger partial charge in [0.05, 0.1) is 7.11 Å². The normalized spacial score (nSPS) is 14.6. The molecule has 1 aliphatic rings. The van der Waals surface area contributed by atoms with Crippen molar-refractivity contribution in [2.75, 3.05) is 39.0 Å². The first kappa shape index (κ1) is 20.1. The number of rotatable bonds is 4. The first-order valence-corrected chi connectivity index (χ1v) is 8.57. The molecule has 2 N–H and O–H groups in total. The summed E-state index contributed by atoms with van der Waals surface area (Å²) in [6.45, 7) is 6.04. The number of nitrogens with zero attached hydrogens (tertiary/aromatic N) is 2. The van der Waals surface area contributed by atoms with Gasteiger partial charge in [0, 0.05) is 44.0 Å². The number of benzene rings is 2. The highest BCUT2D eigenvalue weighted by molar-refractivity contribution is 5.94. The number of hydrogen-bond acceptors (Lipinski definition) is 4. The second kappa shape index (κ2) is 8.92. The van der Waals surface area contributed by atoms with Crippen LogP contribution in [0.1, 0.15) is 21.5 Å². The predicted octanol–water partition coefficient (Wildman–Crippen LogP) is 2.97. The molecule has 5 nitrogen and oxygen atoms in total. The van der Waals surface area contributed by atoms with E-state index in [0.29, 0.717) is 5.56 Å². The number of amides is 1. The molecule has 0 aromatic heterocycles. The van der Waals surface area contributed by atoms with Crippen LogP contribution < -0.4 is 10.5 Å². The molecule has 2 aromatic carbocycles. The van der Waals surface area contributed by atoms with Crippen LogP contribution in [0.25, 0.3) is 0 Å². The molecule has 140 valence electrons. The summed E-state index contributed by atoms with van der Waals surface area (Å²) in [7, 11) is 1.63. The number of anilines is 1. The van der Waals surface area contributed by atoms with Gasteiger partial charge in [0.15, 0.2) is 0 Å². The van der Waals surface area contributed by atoms with E-state index >= 15 is 0 Å².